The molecule has 7 heteroatoms. The number of rotatable bonds is 4. The number of hydrogen-bond acceptors (Lipinski definition) is 5. The van der Waals surface area contributed by atoms with Crippen LogP contribution in [0.4, 0.5) is 11.4 Å². The molecule has 1 amide bonds. The van der Waals surface area contributed by atoms with Crippen molar-refractivity contribution in [3.63, 3.8) is 0 Å². The summed E-state index contributed by atoms with van der Waals surface area (Å²) in [6, 6.07) is 4.05. The molecule has 0 spiro atoms. The maximum Gasteiger partial charge on any atom is 0.282 e. The molecule has 1 aromatic carbocycles. The average Bonchev–Trinajstić information content (AvgIpc) is 2.47. The minimum absolute atomic E-state index is 0.0366. The molecule has 1 aliphatic rings. The fraction of sp³-hybridized carbons (Fsp3) is 0.500. The quantitative estimate of drug-likeness (QED) is 0.517. The first kappa shape index (κ1) is 15.2. The Morgan fingerprint density at radius 1 is 1.48 bits per heavy atom. The van der Waals surface area contributed by atoms with E-state index in [1.54, 1.807) is 7.05 Å². The Hall–Kier alpha value is -2.15. The Balaban J connectivity index is 2.14. The molecule has 1 aromatic rings. The Bertz CT molecular complexity index is 541. The second-order valence-electron chi connectivity index (χ2n) is 5.28. The van der Waals surface area contributed by atoms with E-state index in [4.69, 9.17) is 10.5 Å². The van der Waals surface area contributed by atoms with E-state index in [1.807, 2.05) is 0 Å². The van der Waals surface area contributed by atoms with Gasteiger partial charge in [0.15, 0.2) is 0 Å². The summed E-state index contributed by atoms with van der Waals surface area (Å²) in [6.07, 6.45) is 1.80. The highest BCUT2D eigenvalue weighted by atomic mass is 16.6. The third-order valence-electron chi connectivity index (χ3n) is 3.67. The lowest BCUT2D eigenvalue weighted by molar-refractivity contribution is -0.385. The number of nitrogen functional groups attached to an aromatic ring is 1. The lowest BCUT2D eigenvalue weighted by Gasteiger charge is -2.27. The molecule has 7 nitrogen and oxygen atoms in total. The molecule has 114 valence electrons. The van der Waals surface area contributed by atoms with E-state index in [-0.39, 0.29) is 17.2 Å². The first-order valence-corrected chi connectivity index (χ1v) is 6.86. The van der Waals surface area contributed by atoms with Gasteiger partial charge in [-0.3, -0.25) is 14.9 Å². The number of carbonyl (C=O) groups is 1. The van der Waals surface area contributed by atoms with Gasteiger partial charge in [0.05, 0.1) is 4.92 Å². The molecular formula is C14H19N3O4. The highest BCUT2D eigenvalue weighted by Crippen LogP contribution is 2.24. The van der Waals surface area contributed by atoms with Gasteiger partial charge in [-0.1, -0.05) is 0 Å². The zero-order chi connectivity index (χ0) is 15.4. The van der Waals surface area contributed by atoms with E-state index in [1.165, 1.54) is 23.1 Å². The SMILES string of the molecule is CN(CC1CCOCC1)C(=O)c1cc(N)ccc1[N+](=O)[O-]. The van der Waals surface area contributed by atoms with Gasteiger partial charge in [0.25, 0.3) is 11.6 Å². The van der Waals surface area contributed by atoms with E-state index in [2.05, 4.69) is 0 Å². The maximum absolute atomic E-state index is 12.4. The van der Waals surface area contributed by atoms with E-state index in [0.717, 1.165) is 12.8 Å². The summed E-state index contributed by atoms with van der Waals surface area (Å²) in [4.78, 5) is 24.4. The number of carbonyl (C=O) groups excluding carboxylic acids is 1. The Morgan fingerprint density at radius 2 is 2.14 bits per heavy atom. The molecule has 2 N–H and O–H groups in total. The highest BCUT2D eigenvalue weighted by molar-refractivity contribution is 5.98. The topological polar surface area (TPSA) is 98.7 Å². The van der Waals surface area contributed by atoms with Gasteiger partial charge in [-0.25, -0.2) is 0 Å². The molecule has 0 radical (unpaired) electrons. The fourth-order valence-electron chi connectivity index (χ4n) is 2.49. The number of amides is 1. The first-order chi connectivity index (χ1) is 9.99. The lowest BCUT2D eigenvalue weighted by Crippen LogP contribution is -2.34. The zero-order valence-electron chi connectivity index (χ0n) is 11.9. The standard InChI is InChI=1S/C14H19N3O4/c1-16(9-10-4-6-21-7-5-10)14(18)12-8-11(15)2-3-13(12)17(19)20/h2-3,8,10H,4-7,9,15H2,1H3. The predicted molar refractivity (Wildman–Crippen MR) is 78.0 cm³/mol. The molecule has 0 saturated carbocycles. The third-order valence-corrected chi connectivity index (χ3v) is 3.67. The summed E-state index contributed by atoms with van der Waals surface area (Å²) >= 11 is 0. The van der Waals surface area contributed by atoms with Crippen LogP contribution in [-0.4, -0.2) is 42.5 Å². The summed E-state index contributed by atoms with van der Waals surface area (Å²) in [5.41, 5.74) is 5.80. The molecule has 0 aromatic heterocycles. The van der Waals surface area contributed by atoms with Crippen molar-refractivity contribution < 1.29 is 14.5 Å². The van der Waals surface area contributed by atoms with Crippen LogP contribution in [0.2, 0.25) is 0 Å². The van der Waals surface area contributed by atoms with Crippen LogP contribution < -0.4 is 5.73 Å². The molecular weight excluding hydrogens is 274 g/mol. The number of nitrogens with two attached hydrogens (primary N) is 1. The summed E-state index contributed by atoms with van der Waals surface area (Å²) in [6.45, 7) is 1.96. The van der Waals surface area contributed by atoms with Crippen molar-refractivity contribution >= 4 is 17.3 Å². The number of nitro benzene ring substituents is 1. The molecule has 1 heterocycles. The number of nitro groups is 1. The van der Waals surface area contributed by atoms with E-state index in [9.17, 15) is 14.9 Å². The van der Waals surface area contributed by atoms with Gasteiger partial charge in [-0.2, -0.15) is 0 Å². The molecule has 0 unspecified atom stereocenters. The zero-order valence-corrected chi connectivity index (χ0v) is 11.9. The third kappa shape index (κ3) is 3.69. The minimum Gasteiger partial charge on any atom is -0.399 e. The van der Waals surface area contributed by atoms with Gasteiger partial charge < -0.3 is 15.4 Å². The van der Waals surface area contributed by atoms with Crippen molar-refractivity contribution in [2.75, 3.05) is 32.5 Å². The minimum atomic E-state index is -0.561. The summed E-state index contributed by atoms with van der Waals surface area (Å²) in [5.74, 6) is -0.00620. The van der Waals surface area contributed by atoms with Gasteiger partial charge in [-0.05, 0) is 30.9 Å². The van der Waals surface area contributed by atoms with E-state index >= 15 is 0 Å². The van der Waals surface area contributed by atoms with Gasteiger partial charge in [0.1, 0.15) is 5.56 Å². The molecule has 0 aliphatic carbocycles. The first-order valence-electron chi connectivity index (χ1n) is 6.86. The summed E-state index contributed by atoms with van der Waals surface area (Å²) in [5, 5.41) is 11.0. The van der Waals surface area contributed by atoms with Crippen molar-refractivity contribution in [1.82, 2.24) is 4.90 Å². The molecule has 1 fully saturated rings. The van der Waals surface area contributed by atoms with Crippen molar-refractivity contribution in [1.29, 1.82) is 0 Å². The number of ether oxygens (including phenoxy) is 1. The van der Waals surface area contributed by atoms with Crippen LogP contribution in [0, 0.1) is 16.0 Å². The van der Waals surface area contributed by atoms with E-state index in [0.29, 0.717) is 31.4 Å². The molecule has 1 aliphatic heterocycles. The predicted octanol–water partition coefficient (Wildman–Crippen LogP) is 1.68. The number of hydrogen-bond donors (Lipinski definition) is 1. The molecule has 21 heavy (non-hydrogen) atoms. The van der Waals surface area contributed by atoms with Crippen LogP contribution in [0.25, 0.3) is 0 Å². The van der Waals surface area contributed by atoms with Crippen molar-refractivity contribution in [2.45, 2.75) is 12.8 Å². The molecule has 0 bridgehead atoms. The van der Waals surface area contributed by atoms with Crippen molar-refractivity contribution in [3.05, 3.63) is 33.9 Å². The monoisotopic (exact) mass is 293 g/mol. The average molecular weight is 293 g/mol. The van der Waals surface area contributed by atoms with Crippen molar-refractivity contribution in [3.8, 4) is 0 Å². The normalized spacial score (nSPS) is 15.7. The van der Waals surface area contributed by atoms with Crippen LogP contribution in [-0.2, 0) is 4.74 Å². The van der Waals surface area contributed by atoms with Gasteiger partial charge in [-0.15, -0.1) is 0 Å². The fourth-order valence-corrected chi connectivity index (χ4v) is 2.49. The van der Waals surface area contributed by atoms with Crippen LogP contribution in [0.1, 0.15) is 23.2 Å². The second kappa shape index (κ2) is 6.53. The van der Waals surface area contributed by atoms with Crippen LogP contribution in [0.3, 0.4) is 0 Å². The largest absolute Gasteiger partial charge is 0.399 e. The van der Waals surface area contributed by atoms with Gasteiger partial charge in [0, 0.05) is 38.6 Å². The van der Waals surface area contributed by atoms with Gasteiger partial charge in [0.2, 0.25) is 0 Å². The molecule has 1 saturated heterocycles. The summed E-state index contributed by atoms with van der Waals surface area (Å²) in [7, 11) is 1.66. The molecule has 0 atom stereocenters. The maximum atomic E-state index is 12.4. The Kier molecular flexibility index (Phi) is 4.74. The van der Waals surface area contributed by atoms with Crippen LogP contribution in [0.5, 0.6) is 0 Å². The summed E-state index contributed by atoms with van der Waals surface area (Å²) < 4.78 is 5.28. The van der Waals surface area contributed by atoms with Crippen LogP contribution >= 0.6 is 0 Å². The number of anilines is 1. The highest BCUT2D eigenvalue weighted by Gasteiger charge is 2.25. The smallest absolute Gasteiger partial charge is 0.282 e. The number of nitrogens with zero attached hydrogens (tertiary/aromatic N) is 2. The van der Waals surface area contributed by atoms with Crippen LogP contribution in [0.15, 0.2) is 18.2 Å². The van der Waals surface area contributed by atoms with E-state index < -0.39 is 4.92 Å². The Morgan fingerprint density at radius 3 is 2.76 bits per heavy atom. The second-order valence-corrected chi connectivity index (χ2v) is 5.28. The number of benzene rings is 1. The molecule has 2 rings (SSSR count). The lowest BCUT2D eigenvalue weighted by atomic mass is 9.99. The van der Waals surface area contributed by atoms with Crippen molar-refractivity contribution in [2.24, 2.45) is 5.92 Å². The Labute approximate surface area is 122 Å². The van der Waals surface area contributed by atoms with Gasteiger partial charge >= 0.3 is 0 Å².